The lowest BCUT2D eigenvalue weighted by Gasteiger charge is -2.03. The molecule has 0 radical (unpaired) electrons. The molecular formula is C19H36O. The van der Waals surface area contributed by atoms with E-state index < -0.39 is 0 Å². The Labute approximate surface area is 127 Å². The number of hydrogen-bond donors (Lipinski definition) is 1. The standard InChI is InChI=1S/C19H36O/c1-3-4-5-6-7-8-9-10-11-12-13-14-15-16-17-18-19(2)20/h7-8,10-11,19-20H,3-6,9,12-18H2,1-2H3/b8-7-,11-10-. The molecule has 0 aliphatic heterocycles. The Hall–Kier alpha value is -0.560. The Kier molecular flexibility index (Phi) is 16.0. The van der Waals surface area contributed by atoms with E-state index in [0.717, 1.165) is 12.8 Å². The zero-order chi connectivity index (χ0) is 14.9. The van der Waals surface area contributed by atoms with Crippen LogP contribution >= 0.6 is 0 Å². The minimum Gasteiger partial charge on any atom is -0.393 e. The minimum absolute atomic E-state index is 0.118. The van der Waals surface area contributed by atoms with Gasteiger partial charge in [0.1, 0.15) is 0 Å². The second-order valence-electron chi connectivity index (χ2n) is 5.87. The number of aliphatic hydroxyl groups is 1. The van der Waals surface area contributed by atoms with Crippen molar-refractivity contribution in [3.63, 3.8) is 0 Å². The summed E-state index contributed by atoms with van der Waals surface area (Å²) in [5, 5.41) is 9.14. The van der Waals surface area contributed by atoms with Gasteiger partial charge in [-0.1, -0.05) is 69.8 Å². The van der Waals surface area contributed by atoms with Crippen LogP contribution in [0.1, 0.15) is 90.9 Å². The average Bonchev–Trinajstić information content (AvgIpc) is 2.43. The molecule has 1 atom stereocenters. The summed E-state index contributed by atoms with van der Waals surface area (Å²) in [5.74, 6) is 0. The largest absolute Gasteiger partial charge is 0.393 e. The van der Waals surface area contributed by atoms with Gasteiger partial charge in [0.15, 0.2) is 0 Å². The first-order valence-corrected chi connectivity index (χ1v) is 8.75. The molecule has 1 nitrogen and oxygen atoms in total. The van der Waals surface area contributed by atoms with Gasteiger partial charge in [-0.2, -0.15) is 0 Å². The highest BCUT2D eigenvalue weighted by Crippen LogP contribution is 2.09. The molecule has 1 N–H and O–H groups in total. The fourth-order valence-corrected chi connectivity index (χ4v) is 2.25. The molecule has 0 spiro atoms. The summed E-state index contributed by atoms with van der Waals surface area (Å²) in [7, 11) is 0. The third kappa shape index (κ3) is 17.4. The van der Waals surface area contributed by atoms with E-state index in [-0.39, 0.29) is 6.10 Å². The third-order valence-electron chi connectivity index (χ3n) is 3.57. The zero-order valence-corrected chi connectivity index (χ0v) is 13.8. The Morgan fingerprint density at radius 3 is 1.90 bits per heavy atom. The monoisotopic (exact) mass is 280 g/mol. The van der Waals surface area contributed by atoms with Crippen LogP contribution in [0, 0.1) is 0 Å². The van der Waals surface area contributed by atoms with E-state index in [1.54, 1.807) is 0 Å². The highest BCUT2D eigenvalue weighted by atomic mass is 16.3. The molecule has 0 heterocycles. The Morgan fingerprint density at radius 2 is 1.30 bits per heavy atom. The van der Waals surface area contributed by atoms with Crippen LogP contribution in [0.2, 0.25) is 0 Å². The minimum atomic E-state index is -0.118. The topological polar surface area (TPSA) is 20.2 Å². The number of hydrogen-bond acceptors (Lipinski definition) is 1. The summed E-state index contributed by atoms with van der Waals surface area (Å²) in [5.41, 5.74) is 0. The van der Waals surface area contributed by atoms with Crippen molar-refractivity contribution < 1.29 is 5.11 Å². The van der Waals surface area contributed by atoms with Gasteiger partial charge < -0.3 is 5.11 Å². The number of aliphatic hydroxyl groups excluding tert-OH is 1. The molecule has 1 heteroatoms. The Morgan fingerprint density at radius 1 is 0.750 bits per heavy atom. The maximum Gasteiger partial charge on any atom is 0.0512 e. The number of unbranched alkanes of at least 4 members (excludes halogenated alkanes) is 8. The fraction of sp³-hybridized carbons (Fsp3) is 0.789. The van der Waals surface area contributed by atoms with E-state index in [1.807, 2.05) is 6.92 Å². The molecule has 0 aliphatic carbocycles. The summed E-state index contributed by atoms with van der Waals surface area (Å²) >= 11 is 0. The number of rotatable bonds is 14. The van der Waals surface area contributed by atoms with Crippen LogP contribution in [0.15, 0.2) is 24.3 Å². The second-order valence-corrected chi connectivity index (χ2v) is 5.87. The molecule has 0 aliphatic rings. The molecule has 118 valence electrons. The summed E-state index contributed by atoms with van der Waals surface area (Å²) in [6.45, 7) is 4.13. The summed E-state index contributed by atoms with van der Waals surface area (Å²) in [4.78, 5) is 0. The summed E-state index contributed by atoms with van der Waals surface area (Å²) in [6, 6.07) is 0. The fourth-order valence-electron chi connectivity index (χ4n) is 2.25. The molecule has 0 saturated carbocycles. The predicted molar refractivity (Wildman–Crippen MR) is 91.0 cm³/mol. The molecule has 20 heavy (non-hydrogen) atoms. The van der Waals surface area contributed by atoms with Crippen LogP contribution in [0.5, 0.6) is 0 Å². The van der Waals surface area contributed by atoms with E-state index in [2.05, 4.69) is 31.2 Å². The normalized spacial score (nSPS) is 13.6. The van der Waals surface area contributed by atoms with Crippen LogP contribution in [0.4, 0.5) is 0 Å². The van der Waals surface area contributed by atoms with Gasteiger partial charge >= 0.3 is 0 Å². The van der Waals surface area contributed by atoms with Gasteiger partial charge in [0.2, 0.25) is 0 Å². The molecule has 0 aromatic carbocycles. The van der Waals surface area contributed by atoms with Crippen molar-refractivity contribution in [2.45, 2.75) is 97.0 Å². The lowest BCUT2D eigenvalue weighted by molar-refractivity contribution is 0.180. The molecule has 0 aromatic rings. The second kappa shape index (κ2) is 16.5. The summed E-state index contributed by atoms with van der Waals surface area (Å²) < 4.78 is 0. The molecule has 0 aromatic heterocycles. The van der Waals surface area contributed by atoms with Gasteiger partial charge in [0, 0.05) is 0 Å². The van der Waals surface area contributed by atoms with Gasteiger partial charge in [-0.05, 0) is 45.4 Å². The van der Waals surface area contributed by atoms with Crippen LogP contribution in [0.3, 0.4) is 0 Å². The van der Waals surface area contributed by atoms with Crippen LogP contribution in [-0.4, -0.2) is 11.2 Å². The van der Waals surface area contributed by atoms with Crippen molar-refractivity contribution in [1.29, 1.82) is 0 Å². The van der Waals surface area contributed by atoms with E-state index in [9.17, 15) is 0 Å². The van der Waals surface area contributed by atoms with Gasteiger partial charge in [0.05, 0.1) is 6.10 Å². The van der Waals surface area contributed by atoms with Crippen LogP contribution in [-0.2, 0) is 0 Å². The summed E-state index contributed by atoms with van der Waals surface area (Å²) in [6.07, 6.45) is 24.1. The molecule has 0 amide bonds. The van der Waals surface area contributed by atoms with Gasteiger partial charge in [0.25, 0.3) is 0 Å². The van der Waals surface area contributed by atoms with Crippen LogP contribution in [0.25, 0.3) is 0 Å². The quantitative estimate of drug-likeness (QED) is 0.297. The van der Waals surface area contributed by atoms with E-state index >= 15 is 0 Å². The van der Waals surface area contributed by atoms with Crippen molar-refractivity contribution >= 4 is 0 Å². The molecule has 0 bridgehead atoms. The Balaban J connectivity index is 3.16. The zero-order valence-electron chi connectivity index (χ0n) is 13.8. The van der Waals surface area contributed by atoms with Gasteiger partial charge in [-0.3, -0.25) is 0 Å². The predicted octanol–water partition coefficient (Wildman–Crippen LogP) is 6.18. The molecular weight excluding hydrogens is 244 g/mol. The maximum absolute atomic E-state index is 9.14. The molecule has 0 rings (SSSR count). The highest BCUT2D eigenvalue weighted by Gasteiger charge is 1.95. The van der Waals surface area contributed by atoms with E-state index in [1.165, 1.54) is 64.2 Å². The van der Waals surface area contributed by atoms with Gasteiger partial charge in [-0.25, -0.2) is 0 Å². The lowest BCUT2D eigenvalue weighted by Crippen LogP contribution is -1.98. The first-order valence-electron chi connectivity index (χ1n) is 8.75. The molecule has 1 unspecified atom stereocenters. The van der Waals surface area contributed by atoms with Crippen molar-refractivity contribution in [2.24, 2.45) is 0 Å². The maximum atomic E-state index is 9.14. The average molecular weight is 280 g/mol. The van der Waals surface area contributed by atoms with Crippen LogP contribution < -0.4 is 0 Å². The highest BCUT2D eigenvalue weighted by molar-refractivity contribution is 4.92. The van der Waals surface area contributed by atoms with Crippen molar-refractivity contribution in [2.75, 3.05) is 0 Å². The van der Waals surface area contributed by atoms with Crippen molar-refractivity contribution in [3.05, 3.63) is 24.3 Å². The van der Waals surface area contributed by atoms with Crippen molar-refractivity contribution in [1.82, 2.24) is 0 Å². The van der Waals surface area contributed by atoms with E-state index in [4.69, 9.17) is 5.11 Å². The van der Waals surface area contributed by atoms with Gasteiger partial charge in [-0.15, -0.1) is 0 Å². The lowest BCUT2D eigenvalue weighted by atomic mass is 10.1. The number of allylic oxidation sites excluding steroid dienone is 4. The van der Waals surface area contributed by atoms with E-state index in [0.29, 0.717) is 0 Å². The smallest absolute Gasteiger partial charge is 0.0512 e. The first kappa shape index (κ1) is 19.4. The van der Waals surface area contributed by atoms with Crippen molar-refractivity contribution in [3.8, 4) is 0 Å². The third-order valence-corrected chi connectivity index (χ3v) is 3.57. The SMILES string of the molecule is CCCCC/C=C\C/C=C\CCCCCCCC(C)O. The first-order chi connectivity index (χ1) is 9.77. The molecule has 0 fully saturated rings. The molecule has 0 saturated heterocycles. The Bertz CT molecular complexity index is 228.